The van der Waals surface area contributed by atoms with Crippen molar-refractivity contribution in [3.63, 3.8) is 0 Å². The number of benzene rings is 1. The number of hydrogen-bond acceptors (Lipinski definition) is 2. The Labute approximate surface area is 112 Å². The number of imidazole rings is 1. The van der Waals surface area contributed by atoms with Crippen LogP contribution in [0.2, 0.25) is 8.67 Å². The number of aromatic amines is 1. The third kappa shape index (κ3) is 1.84. The molecule has 0 amide bonds. The highest BCUT2D eigenvalue weighted by Crippen LogP contribution is 2.37. The van der Waals surface area contributed by atoms with Gasteiger partial charge in [0.25, 0.3) is 0 Å². The molecule has 2 nitrogen and oxygen atoms in total. The molecule has 0 fully saturated rings. The van der Waals surface area contributed by atoms with Crippen molar-refractivity contribution < 1.29 is 0 Å². The van der Waals surface area contributed by atoms with Crippen LogP contribution >= 0.6 is 34.5 Å². The maximum Gasteiger partial charge on any atom is 0.140 e. The first-order chi connectivity index (χ1) is 8.15. The molecule has 0 atom stereocenters. The number of thiophene rings is 1. The smallest absolute Gasteiger partial charge is 0.140 e. The summed E-state index contributed by atoms with van der Waals surface area (Å²) in [5, 5.41) is 0. The van der Waals surface area contributed by atoms with Crippen molar-refractivity contribution in [2.45, 2.75) is 6.92 Å². The molecule has 1 aromatic carbocycles. The lowest BCUT2D eigenvalue weighted by molar-refractivity contribution is 1.34. The fourth-order valence-corrected chi connectivity index (χ4v) is 3.27. The monoisotopic (exact) mass is 282 g/mol. The first-order valence-electron chi connectivity index (χ1n) is 5.05. The standard InChI is InChI=1S/C12H8Cl2N2S/c1-6-3-2-4-8-10(6)16-12(15-8)7-5-9(13)17-11(7)14/h2-5H,1H3,(H,15,16). The molecule has 3 aromatic rings. The van der Waals surface area contributed by atoms with E-state index in [2.05, 4.69) is 9.97 Å². The fraction of sp³-hybridized carbons (Fsp3) is 0.0833. The minimum Gasteiger partial charge on any atom is -0.338 e. The topological polar surface area (TPSA) is 28.7 Å². The number of fused-ring (bicyclic) bond motifs is 1. The van der Waals surface area contributed by atoms with Crippen molar-refractivity contribution in [1.29, 1.82) is 0 Å². The molecular weight excluding hydrogens is 275 g/mol. The van der Waals surface area contributed by atoms with Crippen LogP contribution < -0.4 is 0 Å². The number of rotatable bonds is 1. The van der Waals surface area contributed by atoms with E-state index in [1.165, 1.54) is 11.3 Å². The molecule has 17 heavy (non-hydrogen) atoms. The highest BCUT2D eigenvalue weighted by Gasteiger charge is 2.12. The molecule has 0 aliphatic rings. The van der Waals surface area contributed by atoms with E-state index in [-0.39, 0.29) is 0 Å². The second-order valence-electron chi connectivity index (χ2n) is 3.79. The molecule has 86 valence electrons. The van der Waals surface area contributed by atoms with Crippen LogP contribution in [0.4, 0.5) is 0 Å². The van der Waals surface area contributed by atoms with Gasteiger partial charge in [-0.1, -0.05) is 35.3 Å². The fourth-order valence-electron chi connectivity index (χ4n) is 1.80. The predicted octanol–water partition coefficient (Wildman–Crippen LogP) is 4.91. The predicted molar refractivity (Wildman–Crippen MR) is 74.2 cm³/mol. The molecule has 0 radical (unpaired) electrons. The van der Waals surface area contributed by atoms with Gasteiger partial charge in [-0.15, -0.1) is 11.3 Å². The van der Waals surface area contributed by atoms with Crippen molar-refractivity contribution >= 4 is 45.6 Å². The lowest BCUT2D eigenvalue weighted by atomic mass is 10.2. The normalized spacial score (nSPS) is 11.2. The lowest BCUT2D eigenvalue weighted by Gasteiger charge is -1.90. The molecular formula is C12H8Cl2N2S. The van der Waals surface area contributed by atoms with Crippen LogP contribution in [-0.4, -0.2) is 9.97 Å². The number of H-pyrrole nitrogens is 1. The van der Waals surface area contributed by atoms with Gasteiger partial charge in [0.15, 0.2) is 0 Å². The highest BCUT2D eigenvalue weighted by molar-refractivity contribution is 7.20. The van der Waals surface area contributed by atoms with E-state index in [9.17, 15) is 0 Å². The Hall–Kier alpha value is -1.03. The van der Waals surface area contributed by atoms with Gasteiger partial charge in [0.1, 0.15) is 10.2 Å². The van der Waals surface area contributed by atoms with E-state index in [0.717, 1.165) is 28.0 Å². The molecule has 0 saturated heterocycles. The molecule has 3 rings (SSSR count). The summed E-state index contributed by atoms with van der Waals surface area (Å²) < 4.78 is 1.33. The van der Waals surface area contributed by atoms with Crippen LogP contribution in [0.5, 0.6) is 0 Å². The second-order valence-corrected chi connectivity index (χ2v) is 6.08. The summed E-state index contributed by atoms with van der Waals surface area (Å²) in [6.45, 7) is 2.04. The quantitative estimate of drug-likeness (QED) is 0.675. The molecule has 0 saturated carbocycles. The Morgan fingerprint density at radius 3 is 2.76 bits per heavy atom. The summed E-state index contributed by atoms with van der Waals surface area (Å²) in [7, 11) is 0. The van der Waals surface area contributed by atoms with Gasteiger partial charge in [-0.05, 0) is 24.6 Å². The maximum atomic E-state index is 6.12. The Kier molecular flexibility index (Phi) is 2.62. The number of nitrogens with zero attached hydrogens (tertiary/aromatic N) is 1. The Morgan fingerprint density at radius 1 is 1.29 bits per heavy atom. The SMILES string of the molecule is Cc1cccc2[nH]c(-c3cc(Cl)sc3Cl)nc12. The summed E-state index contributed by atoms with van der Waals surface area (Å²) >= 11 is 13.4. The van der Waals surface area contributed by atoms with Crippen molar-refractivity contribution in [3.8, 4) is 11.4 Å². The van der Waals surface area contributed by atoms with Crippen LogP contribution in [0.3, 0.4) is 0 Å². The first kappa shape index (κ1) is 11.1. The number of aromatic nitrogens is 2. The van der Waals surface area contributed by atoms with E-state index >= 15 is 0 Å². The van der Waals surface area contributed by atoms with Crippen molar-refractivity contribution in [1.82, 2.24) is 9.97 Å². The van der Waals surface area contributed by atoms with Crippen LogP contribution in [-0.2, 0) is 0 Å². The van der Waals surface area contributed by atoms with Gasteiger partial charge in [-0.2, -0.15) is 0 Å². The summed E-state index contributed by atoms with van der Waals surface area (Å²) in [6.07, 6.45) is 0. The second kappa shape index (κ2) is 4.02. The van der Waals surface area contributed by atoms with Gasteiger partial charge in [0.2, 0.25) is 0 Å². The van der Waals surface area contributed by atoms with E-state index in [1.807, 2.05) is 31.2 Å². The molecule has 2 heterocycles. The summed E-state index contributed by atoms with van der Waals surface area (Å²) in [5.74, 6) is 0.766. The van der Waals surface area contributed by atoms with Gasteiger partial charge in [0, 0.05) is 5.56 Å². The first-order valence-corrected chi connectivity index (χ1v) is 6.63. The van der Waals surface area contributed by atoms with E-state index < -0.39 is 0 Å². The third-order valence-corrected chi connectivity index (χ3v) is 4.11. The minimum atomic E-state index is 0.659. The summed E-state index contributed by atoms with van der Waals surface area (Å²) in [4.78, 5) is 7.82. The van der Waals surface area contributed by atoms with Crippen LogP contribution in [0.1, 0.15) is 5.56 Å². The number of aryl methyl sites for hydroxylation is 1. The van der Waals surface area contributed by atoms with Crippen LogP contribution in [0.25, 0.3) is 22.4 Å². The Bertz CT molecular complexity index is 700. The zero-order valence-electron chi connectivity index (χ0n) is 8.92. The molecule has 0 aliphatic carbocycles. The lowest BCUT2D eigenvalue weighted by Crippen LogP contribution is -1.76. The number of hydrogen-bond donors (Lipinski definition) is 1. The van der Waals surface area contributed by atoms with Gasteiger partial charge in [-0.25, -0.2) is 4.98 Å². The van der Waals surface area contributed by atoms with Crippen molar-refractivity contribution in [2.24, 2.45) is 0 Å². The summed E-state index contributed by atoms with van der Waals surface area (Å²) in [6, 6.07) is 7.87. The Balaban J connectivity index is 2.25. The van der Waals surface area contributed by atoms with Gasteiger partial charge < -0.3 is 4.98 Å². The number of nitrogens with one attached hydrogen (secondary N) is 1. The van der Waals surface area contributed by atoms with E-state index in [0.29, 0.717) is 8.67 Å². The zero-order valence-corrected chi connectivity index (χ0v) is 11.2. The average Bonchev–Trinajstić information content (AvgIpc) is 2.82. The molecule has 0 unspecified atom stereocenters. The molecule has 0 spiro atoms. The number of para-hydroxylation sites is 1. The van der Waals surface area contributed by atoms with Crippen molar-refractivity contribution in [2.75, 3.05) is 0 Å². The molecule has 0 aliphatic heterocycles. The van der Waals surface area contributed by atoms with Gasteiger partial charge in [-0.3, -0.25) is 0 Å². The highest BCUT2D eigenvalue weighted by atomic mass is 35.5. The minimum absolute atomic E-state index is 0.659. The maximum absolute atomic E-state index is 6.12. The van der Waals surface area contributed by atoms with E-state index in [1.54, 1.807) is 0 Å². The Morgan fingerprint density at radius 2 is 2.12 bits per heavy atom. The largest absolute Gasteiger partial charge is 0.338 e. The summed E-state index contributed by atoms with van der Waals surface area (Å²) in [5.41, 5.74) is 3.99. The molecule has 2 aromatic heterocycles. The van der Waals surface area contributed by atoms with Crippen LogP contribution in [0, 0.1) is 6.92 Å². The zero-order chi connectivity index (χ0) is 12.0. The third-order valence-electron chi connectivity index (χ3n) is 2.63. The van der Waals surface area contributed by atoms with Gasteiger partial charge in [0.05, 0.1) is 15.4 Å². The molecule has 0 bridgehead atoms. The molecule has 5 heteroatoms. The molecule has 1 N–H and O–H groups in total. The van der Waals surface area contributed by atoms with E-state index in [4.69, 9.17) is 23.2 Å². The van der Waals surface area contributed by atoms with Crippen molar-refractivity contribution in [3.05, 3.63) is 38.5 Å². The number of halogens is 2. The van der Waals surface area contributed by atoms with Gasteiger partial charge >= 0.3 is 0 Å². The average molecular weight is 283 g/mol. The van der Waals surface area contributed by atoms with Crippen LogP contribution in [0.15, 0.2) is 24.3 Å².